The second-order valence-corrected chi connectivity index (χ2v) is 1.09. The van der Waals surface area contributed by atoms with Crippen LogP contribution in [-0.2, 0) is 9.53 Å². The lowest BCUT2D eigenvalue weighted by atomic mass is 10.8. The molecule has 0 aliphatic carbocycles. The predicted octanol–water partition coefficient (Wildman–Crippen LogP) is 0.412. The topological polar surface area (TPSA) is 38.7 Å². The fourth-order valence-electron chi connectivity index (χ4n) is 0.171. The Bertz CT molecular complexity index is 98.6. The van der Waals surface area contributed by atoms with Crippen molar-refractivity contribution >= 4 is 12.4 Å². The number of rotatable bonds is 2. The molecule has 0 N–H and O–H groups in total. The molecule has 0 unspecified atom stereocenters. The molecule has 0 atom stereocenters. The van der Waals surface area contributed by atoms with Gasteiger partial charge in [-0.25, -0.2) is 0 Å². The van der Waals surface area contributed by atoms with Crippen LogP contribution in [0.15, 0.2) is 4.99 Å². The van der Waals surface area contributed by atoms with Crippen LogP contribution in [0.4, 0.5) is 0 Å². The highest BCUT2D eigenvalue weighted by Gasteiger charge is 1.82. The molecule has 0 spiro atoms. The first kappa shape index (κ1) is 7.14. The van der Waals surface area contributed by atoms with Crippen molar-refractivity contribution in [3.8, 4) is 0 Å². The van der Waals surface area contributed by atoms with Crippen LogP contribution in [0, 0.1) is 6.92 Å². The second-order valence-electron chi connectivity index (χ2n) is 1.09. The van der Waals surface area contributed by atoms with E-state index >= 15 is 0 Å². The van der Waals surface area contributed by atoms with Crippen LogP contribution in [0.1, 0.15) is 6.92 Å². The molecule has 0 amide bonds. The Morgan fingerprint density at radius 3 is 3.00 bits per heavy atom. The Labute approximate surface area is 48.4 Å². The zero-order valence-electron chi connectivity index (χ0n) is 4.76. The zero-order chi connectivity index (χ0) is 6.41. The van der Waals surface area contributed by atoms with Gasteiger partial charge in [-0.1, -0.05) is 0 Å². The highest BCUT2D eigenvalue weighted by Crippen LogP contribution is 1.69. The lowest BCUT2D eigenvalue weighted by Crippen LogP contribution is -1.95. The third-order valence-electron chi connectivity index (χ3n) is 0.441. The Balaban J connectivity index is 3.16. The Kier molecular flexibility index (Phi) is 3.84. The van der Waals surface area contributed by atoms with Crippen LogP contribution in [0.2, 0.25) is 0 Å². The Morgan fingerprint density at radius 2 is 2.62 bits per heavy atom. The van der Waals surface area contributed by atoms with E-state index in [1.807, 2.05) is 6.92 Å². The summed E-state index contributed by atoms with van der Waals surface area (Å²) in [6.45, 7) is 5.42. The van der Waals surface area contributed by atoms with Crippen molar-refractivity contribution in [3.63, 3.8) is 0 Å². The van der Waals surface area contributed by atoms with Crippen LogP contribution < -0.4 is 0 Å². The summed E-state index contributed by atoms with van der Waals surface area (Å²) in [5.74, 6) is -0.581. The molecule has 0 aromatic rings. The van der Waals surface area contributed by atoms with E-state index in [1.54, 1.807) is 0 Å². The van der Waals surface area contributed by atoms with E-state index in [-0.39, 0.29) is 0 Å². The van der Waals surface area contributed by atoms with Crippen molar-refractivity contribution < 1.29 is 9.53 Å². The first-order valence-corrected chi connectivity index (χ1v) is 2.28. The average molecular weight is 114 g/mol. The van der Waals surface area contributed by atoms with Gasteiger partial charge in [-0.3, -0.25) is 9.79 Å². The minimum absolute atomic E-state index is 0.581. The third kappa shape index (κ3) is 5.14. The van der Waals surface area contributed by atoms with Gasteiger partial charge in [0.25, 0.3) is 0 Å². The molecule has 0 saturated carbocycles. The SMILES string of the molecule is [CH2]C(=O)OC=NCC. The van der Waals surface area contributed by atoms with E-state index in [0.717, 1.165) is 6.40 Å². The van der Waals surface area contributed by atoms with Crippen molar-refractivity contribution in [1.82, 2.24) is 0 Å². The van der Waals surface area contributed by atoms with Crippen molar-refractivity contribution in [2.24, 2.45) is 4.99 Å². The number of hydrogen-bond acceptors (Lipinski definition) is 3. The molecule has 0 aromatic heterocycles. The van der Waals surface area contributed by atoms with Crippen LogP contribution in [-0.4, -0.2) is 18.9 Å². The van der Waals surface area contributed by atoms with E-state index in [9.17, 15) is 4.79 Å². The summed E-state index contributed by atoms with van der Waals surface area (Å²) in [7, 11) is 0. The molecule has 3 nitrogen and oxygen atoms in total. The highest BCUT2D eigenvalue weighted by molar-refractivity contribution is 5.80. The largest absolute Gasteiger partial charge is 0.415 e. The number of esters is 1. The lowest BCUT2D eigenvalue weighted by Gasteiger charge is -1.85. The second kappa shape index (κ2) is 4.30. The maximum atomic E-state index is 9.89. The van der Waals surface area contributed by atoms with Gasteiger partial charge in [0, 0.05) is 6.54 Å². The normalized spacial score (nSPS) is 9.75. The minimum Gasteiger partial charge on any atom is -0.415 e. The van der Waals surface area contributed by atoms with Gasteiger partial charge in [0.15, 0.2) is 6.40 Å². The van der Waals surface area contributed by atoms with Crippen LogP contribution in [0.5, 0.6) is 0 Å². The number of nitrogens with zero attached hydrogens (tertiary/aromatic N) is 1. The van der Waals surface area contributed by atoms with E-state index in [0.29, 0.717) is 6.54 Å². The minimum atomic E-state index is -0.581. The molecule has 0 rings (SSSR count). The van der Waals surface area contributed by atoms with E-state index in [2.05, 4.69) is 16.7 Å². The number of aliphatic imine (C=N–C) groups is 1. The number of carbonyl (C=O) groups excluding carboxylic acids is 1. The molecular formula is C5H8NO2. The summed E-state index contributed by atoms with van der Waals surface area (Å²) in [5.41, 5.74) is 0. The molecule has 1 radical (unpaired) electrons. The molecule has 0 heterocycles. The fraction of sp³-hybridized carbons (Fsp3) is 0.400. The highest BCUT2D eigenvalue weighted by atomic mass is 16.5. The van der Waals surface area contributed by atoms with Crippen LogP contribution >= 0.6 is 0 Å². The maximum absolute atomic E-state index is 9.89. The predicted molar refractivity (Wildman–Crippen MR) is 30.5 cm³/mol. The van der Waals surface area contributed by atoms with Gasteiger partial charge in [0.2, 0.25) is 0 Å². The Morgan fingerprint density at radius 1 is 2.00 bits per heavy atom. The molecule has 0 saturated heterocycles. The summed E-state index contributed by atoms with van der Waals surface area (Å²) in [6.07, 6.45) is 1.09. The average Bonchev–Trinajstić information content (AvgIpc) is 1.66. The fourth-order valence-corrected chi connectivity index (χ4v) is 0.171. The van der Waals surface area contributed by atoms with Gasteiger partial charge in [-0.2, -0.15) is 0 Å². The molecule has 0 aliphatic heterocycles. The third-order valence-corrected chi connectivity index (χ3v) is 0.441. The van der Waals surface area contributed by atoms with Crippen molar-refractivity contribution in [2.75, 3.05) is 6.54 Å². The van der Waals surface area contributed by atoms with Crippen molar-refractivity contribution in [1.29, 1.82) is 0 Å². The lowest BCUT2D eigenvalue weighted by molar-refractivity contribution is -0.129. The standard InChI is InChI=1S/C5H8NO2/c1-3-6-4-8-5(2)7/h4H,2-3H2,1H3. The van der Waals surface area contributed by atoms with Gasteiger partial charge in [-0.15, -0.1) is 0 Å². The summed E-state index contributed by atoms with van der Waals surface area (Å²) in [6, 6.07) is 0. The van der Waals surface area contributed by atoms with Gasteiger partial charge < -0.3 is 4.74 Å². The van der Waals surface area contributed by atoms with Gasteiger partial charge in [-0.05, 0) is 6.92 Å². The summed E-state index contributed by atoms with van der Waals surface area (Å²) in [4.78, 5) is 13.5. The first-order chi connectivity index (χ1) is 3.77. The molecule has 0 aromatic carbocycles. The summed E-state index contributed by atoms with van der Waals surface area (Å²) in [5, 5.41) is 0. The molecule has 0 fully saturated rings. The van der Waals surface area contributed by atoms with E-state index < -0.39 is 5.97 Å². The number of hydrogen-bond donors (Lipinski definition) is 0. The number of carbonyl (C=O) groups is 1. The first-order valence-electron chi connectivity index (χ1n) is 2.28. The quantitative estimate of drug-likeness (QED) is 0.296. The van der Waals surface area contributed by atoms with Crippen LogP contribution in [0.25, 0.3) is 0 Å². The molecule has 0 aliphatic rings. The summed E-state index contributed by atoms with van der Waals surface area (Å²) < 4.78 is 4.24. The monoisotopic (exact) mass is 114 g/mol. The maximum Gasteiger partial charge on any atom is 0.312 e. The number of ether oxygens (including phenoxy) is 1. The molecule has 3 heteroatoms. The van der Waals surface area contributed by atoms with Crippen LogP contribution in [0.3, 0.4) is 0 Å². The Hall–Kier alpha value is -0.860. The van der Waals surface area contributed by atoms with Crippen molar-refractivity contribution in [3.05, 3.63) is 6.92 Å². The molecule has 8 heavy (non-hydrogen) atoms. The summed E-state index contributed by atoms with van der Waals surface area (Å²) >= 11 is 0. The van der Waals surface area contributed by atoms with Gasteiger partial charge in [0.1, 0.15) is 0 Å². The van der Waals surface area contributed by atoms with Gasteiger partial charge in [0.05, 0.1) is 6.92 Å². The van der Waals surface area contributed by atoms with E-state index in [1.165, 1.54) is 0 Å². The molecular weight excluding hydrogens is 106 g/mol. The smallest absolute Gasteiger partial charge is 0.312 e. The van der Waals surface area contributed by atoms with E-state index in [4.69, 9.17) is 0 Å². The van der Waals surface area contributed by atoms with Gasteiger partial charge >= 0.3 is 5.97 Å². The molecule has 45 valence electrons. The molecule has 0 bridgehead atoms. The zero-order valence-corrected chi connectivity index (χ0v) is 4.76. The van der Waals surface area contributed by atoms with Crippen molar-refractivity contribution in [2.45, 2.75) is 6.92 Å².